The zero-order valence-corrected chi connectivity index (χ0v) is 19.6. The number of rotatable bonds is 6. The van der Waals surface area contributed by atoms with E-state index < -0.39 is 12.2 Å². The average Bonchev–Trinajstić information content (AvgIpc) is 2.69. The fourth-order valence-corrected chi connectivity index (χ4v) is 2.70. The number of hydrogen-bond acceptors (Lipinski definition) is 6. The third-order valence-electron chi connectivity index (χ3n) is 4.64. The van der Waals surface area contributed by atoms with Crippen molar-refractivity contribution in [1.29, 1.82) is 0 Å². The molecule has 168 valence electrons. The molecule has 2 amide bonds. The fraction of sp³-hybridized carbons (Fsp3) is 0.391. The van der Waals surface area contributed by atoms with Crippen molar-refractivity contribution in [3.8, 4) is 11.5 Å². The predicted octanol–water partition coefficient (Wildman–Crippen LogP) is 3.53. The molecule has 8 nitrogen and oxygen atoms in total. The van der Waals surface area contributed by atoms with Gasteiger partial charge in [-0.1, -0.05) is 12.1 Å². The zero-order valence-electron chi connectivity index (χ0n) is 19.6. The van der Waals surface area contributed by atoms with Crippen molar-refractivity contribution in [3.05, 3.63) is 47.5 Å². The highest BCUT2D eigenvalue weighted by Gasteiger charge is 2.17. The van der Waals surface area contributed by atoms with Gasteiger partial charge in [-0.05, 0) is 23.3 Å². The van der Waals surface area contributed by atoms with E-state index >= 15 is 0 Å². The second-order valence-corrected chi connectivity index (χ2v) is 8.07. The maximum absolute atomic E-state index is 12.2. The van der Waals surface area contributed by atoms with E-state index in [-0.39, 0.29) is 0 Å². The molecule has 0 aromatic heterocycles. The van der Waals surface area contributed by atoms with Gasteiger partial charge in [0.05, 0.1) is 0 Å². The molecular weight excluding hydrogens is 396 g/mol. The summed E-state index contributed by atoms with van der Waals surface area (Å²) in [5.41, 5.74) is 3.43. The van der Waals surface area contributed by atoms with Crippen molar-refractivity contribution in [1.82, 2.24) is 9.80 Å². The van der Waals surface area contributed by atoms with Gasteiger partial charge in [0, 0.05) is 86.3 Å². The highest BCUT2D eigenvalue weighted by atomic mass is 16.6. The van der Waals surface area contributed by atoms with Crippen LogP contribution in [-0.4, -0.2) is 78.4 Å². The van der Waals surface area contributed by atoms with Gasteiger partial charge in [-0.25, -0.2) is 9.59 Å². The van der Waals surface area contributed by atoms with Crippen LogP contribution in [0.5, 0.6) is 11.5 Å². The van der Waals surface area contributed by atoms with E-state index in [4.69, 9.17) is 9.47 Å². The Morgan fingerprint density at radius 1 is 0.645 bits per heavy atom. The first-order valence-electron chi connectivity index (χ1n) is 9.88. The van der Waals surface area contributed by atoms with Gasteiger partial charge in [-0.15, -0.1) is 0 Å². The minimum atomic E-state index is -0.459. The van der Waals surface area contributed by atoms with Gasteiger partial charge in [-0.3, -0.25) is 0 Å². The van der Waals surface area contributed by atoms with Crippen LogP contribution < -0.4 is 19.3 Å². The molecule has 0 spiro atoms. The van der Waals surface area contributed by atoms with Crippen LogP contribution in [0.4, 0.5) is 21.0 Å². The predicted molar refractivity (Wildman–Crippen MR) is 124 cm³/mol. The number of hydrogen-bond donors (Lipinski definition) is 0. The van der Waals surface area contributed by atoms with Crippen molar-refractivity contribution in [2.75, 3.05) is 66.2 Å². The summed E-state index contributed by atoms with van der Waals surface area (Å²) in [5.74, 6) is 0.929. The molecule has 2 aromatic carbocycles. The number of anilines is 2. The largest absolute Gasteiger partial charge is 0.414 e. The molecule has 0 saturated carbocycles. The summed E-state index contributed by atoms with van der Waals surface area (Å²) in [5, 5.41) is 0. The number of amides is 2. The number of benzene rings is 2. The first kappa shape index (κ1) is 23.9. The van der Waals surface area contributed by atoms with Crippen molar-refractivity contribution in [3.63, 3.8) is 0 Å². The number of ether oxygens (including phenoxy) is 2. The number of nitrogens with zero attached hydrogens (tertiary/aromatic N) is 4. The van der Waals surface area contributed by atoms with E-state index in [0.717, 1.165) is 22.5 Å². The molecule has 0 unspecified atom stereocenters. The monoisotopic (exact) mass is 428 g/mol. The van der Waals surface area contributed by atoms with Crippen molar-refractivity contribution >= 4 is 23.6 Å². The van der Waals surface area contributed by atoms with E-state index in [9.17, 15) is 9.59 Å². The van der Waals surface area contributed by atoms with Crippen molar-refractivity contribution in [2.45, 2.75) is 6.42 Å². The summed E-state index contributed by atoms with van der Waals surface area (Å²) in [6.07, 6.45) is -0.494. The summed E-state index contributed by atoms with van der Waals surface area (Å²) in [7, 11) is 14.2. The molecule has 0 aliphatic carbocycles. The Kier molecular flexibility index (Phi) is 7.74. The van der Waals surface area contributed by atoms with Crippen LogP contribution in [0.15, 0.2) is 36.4 Å². The molecule has 0 aliphatic rings. The Morgan fingerprint density at radius 2 is 1.00 bits per heavy atom. The second kappa shape index (κ2) is 10.1. The Balaban J connectivity index is 2.48. The quantitative estimate of drug-likeness (QED) is 0.701. The van der Waals surface area contributed by atoms with Crippen LogP contribution in [0.25, 0.3) is 0 Å². The maximum atomic E-state index is 12.2. The maximum Gasteiger partial charge on any atom is 0.414 e. The summed E-state index contributed by atoms with van der Waals surface area (Å²) >= 11 is 0. The first-order valence-corrected chi connectivity index (χ1v) is 9.88. The van der Waals surface area contributed by atoms with Gasteiger partial charge in [0.1, 0.15) is 11.5 Å². The Hall–Kier alpha value is -3.42. The van der Waals surface area contributed by atoms with Crippen molar-refractivity contribution in [2.24, 2.45) is 0 Å². The highest BCUT2D eigenvalue weighted by molar-refractivity contribution is 5.73. The van der Waals surface area contributed by atoms with Gasteiger partial charge >= 0.3 is 12.2 Å². The molecule has 0 N–H and O–H groups in total. The third-order valence-corrected chi connectivity index (χ3v) is 4.64. The Labute approximate surface area is 184 Å². The van der Waals surface area contributed by atoms with E-state index in [1.165, 1.54) is 9.80 Å². The lowest BCUT2D eigenvalue weighted by atomic mass is 10.0. The van der Waals surface area contributed by atoms with Crippen LogP contribution in [0, 0.1) is 0 Å². The molecule has 2 aromatic rings. The van der Waals surface area contributed by atoms with Crippen LogP contribution >= 0.6 is 0 Å². The van der Waals surface area contributed by atoms with Gasteiger partial charge in [0.15, 0.2) is 0 Å². The highest BCUT2D eigenvalue weighted by Crippen LogP contribution is 2.32. The number of carbonyl (C=O) groups excluding carboxylic acids is 2. The minimum Gasteiger partial charge on any atom is -0.410 e. The second-order valence-electron chi connectivity index (χ2n) is 8.07. The van der Waals surface area contributed by atoms with Crippen LogP contribution in [0.3, 0.4) is 0 Å². The average molecular weight is 429 g/mol. The Morgan fingerprint density at radius 3 is 1.29 bits per heavy atom. The van der Waals surface area contributed by atoms with Crippen LogP contribution in [0.1, 0.15) is 11.1 Å². The molecule has 0 fully saturated rings. The van der Waals surface area contributed by atoms with Crippen LogP contribution in [0.2, 0.25) is 0 Å². The fourth-order valence-electron chi connectivity index (χ4n) is 2.70. The van der Waals surface area contributed by atoms with Gasteiger partial charge in [0.25, 0.3) is 0 Å². The summed E-state index contributed by atoms with van der Waals surface area (Å²) in [6.45, 7) is 0. The zero-order chi connectivity index (χ0) is 23.3. The lowest BCUT2D eigenvalue weighted by Crippen LogP contribution is -2.26. The summed E-state index contributed by atoms with van der Waals surface area (Å²) in [4.78, 5) is 31.1. The van der Waals surface area contributed by atoms with E-state index in [1.54, 1.807) is 28.2 Å². The lowest BCUT2D eigenvalue weighted by Gasteiger charge is -2.20. The summed E-state index contributed by atoms with van der Waals surface area (Å²) < 4.78 is 11.3. The lowest BCUT2D eigenvalue weighted by molar-refractivity contribution is 0.171. The number of carbonyl (C=O) groups is 2. The molecular formula is C23H32N4O4. The first-order chi connectivity index (χ1) is 14.5. The van der Waals surface area contributed by atoms with Gasteiger partial charge in [-0.2, -0.15) is 0 Å². The normalized spacial score (nSPS) is 10.3. The van der Waals surface area contributed by atoms with E-state index in [1.807, 2.05) is 74.4 Å². The van der Waals surface area contributed by atoms with Crippen LogP contribution in [-0.2, 0) is 6.42 Å². The van der Waals surface area contributed by atoms with E-state index in [2.05, 4.69) is 0 Å². The molecule has 31 heavy (non-hydrogen) atoms. The minimum absolute atomic E-state index is 0.424. The third kappa shape index (κ3) is 6.28. The molecule has 0 aliphatic heterocycles. The topological polar surface area (TPSA) is 65.6 Å². The molecule has 0 saturated heterocycles. The van der Waals surface area contributed by atoms with E-state index in [0.29, 0.717) is 17.9 Å². The SMILES string of the molecule is CN(C)C(=O)Oc1cc(N(C)C)ccc1Cc1ccc(N(C)C)cc1OC(=O)N(C)C. The molecule has 0 radical (unpaired) electrons. The van der Waals surface area contributed by atoms with Gasteiger partial charge in [0.2, 0.25) is 0 Å². The molecule has 8 heteroatoms. The smallest absolute Gasteiger partial charge is 0.410 e. The molecule has 0 atom stereocenters. The summed E-state index contributed by atoms with van der Waals surface area (Å²) in [6, 6.07) is 11.4. The van der Waals surface area contributed by atoms with Gasteiger partial charge < -0.3 is 29.1 Å². The molecule has 0 heterocycles. The molecule has 0 bridgehead atoms. The van der Waals surface area contributed by atoms with Crippen molar-refractivity contribution < 1.29 is 19.1 Å². The standard InChI is InChI=1S/C23H32N4O4/c1-24(2)18-11-9-16(20(14-18)30-22(28)26(5)6)13-17-10-12-19(25(3)4)15-21(17)31-23(29)27(7)8/h9-12,14-15H,13H2,1-8H3. The molecule has 2 rings (SSSR count). The Bertz CT molecular complexity index is 864.